The predicted octanol–water partition coefficient (Wildman–Crippen LogP) is 2.51. The highest BCUT2D eigenvalue weighted by atomic mass is 35.5. The average molecular weight is 266 g/mol. The second-order valence-corrected chi connectivity index (χ2v) is 4.67. The van der Waals surface area contributed by atoms with E-state index in [0.29, 0.717) is 11.6 Å². The van der Waals surface area contributed by atoms with E-state index in [4.69, 9.17) is 17.3 Å². The Bertz CT molecular complexity index is 655. The fourth-order valence-electron chi connectivity index (χ4n) is 2.02. The van der Waals surface area contributed by atoms with Gasteiger partial charge in [0.1, 0.15) is 5.69 Å². The van der Waals surface area contributed by atoms with Gasteiger partial charge in [0.2, 0.25) is 0 Å². The normalized spacial score (nSPS) is 10.9. The van der Waals surface area contributed by atoms with Crippen LogP contribution in [0.2, 0.25) is 5.02 Å². The average Bonchev–Trinajstić information content (AvgIpc) is 2.57. The number of aromatic nitrogens is 2. The Morgan fingerprint density at radius 3 is 2.56 bits per heavy atom. The standard InChI is InChI=1S/C13H16ClN3O/c1-4-16-9(3)12(15)13(18)17(16)10-6-5-8(2)11(14)7-10/h5-7H,4,15H2,1-3H3. The largest absolute Gasteiger partial charge is 0.393 e. The highest BCUT2D eigenvalue weighted by Gasteiger charge is 2.14. The summed E-state index contributed by atoms with van der Waals surface area (Å²) in [7, 11) is 0. The molecule has 1 aromatic carbocycles. The van der Waals surface area contributed by atoms with Crippen LogP contribution in [0.4, 0.5) is 5.69 Å². The Kier molecular flexibility index (Phi) is 3.22. The molecule has 0 unspecified atom stereocenters. The van der Waals surface area contributed by atoms with Crippen molar-refractivity contribution in [2.75, 3.05) is 5.73 Å². The van der Waals surface area contributed by atoms with Gasteiger partial charge in [0.15, 0.2) is 0 Å². The Balaban J connectivity index is 2.74. The van der Waals surface area contributed by atoms with Crippen molar-refractivity contribution in [3.8, 4) is 5.69 Å². The van der Waals surface area contributed by atoms with E-state index in [9.17, 15) is 4.79 Å². The molecular weight excluding hydrogens is 250 g/mol. The maximum absolute atomic E-state index is 12.1. The van der Waals surface area contributed by atoms with Crippen LogP contribution < -0.4 is 11.3 Å². The summed E-state index contributed by atoms with van der Waals surface area (Å²) in [6, 6.07) is 5.54. The number of hydrogen-bond acceptors (Lipinski definition) is 2. The van der Waals surface area contributed by atoms with Crippen LogP contribution in [-0.4, -0.2) is 9.36 Å². The summed E-state index contributed by atoms with van der Waals surface area (Å²) in [5.74, 6) is 0. The fraction of sp³-hybridized carbons (Fsp3) is 0.308. The van der Waals surface area contributed by atoms with E-state index in [1.807, 2.05) is 37.6 Å². The van der Waals surface area contributed by atoms with Crippen LogP contribution in [0.25, 0.3) is 5.69 Å². The molecule has 2 aromatic rings. The number of nitrogen functional groups attached to an aromatic ring is 1. The molecule has 1 aromatic heterocycles. The number of benzene rings is 1. The molecule has 0 radical (unpaired) electrons. The molecule has 0 atom stereocenters. The topological polar surface area (TPSA) is 52.9 Å². The first kappa shape index (κ1) is 12.8. The van der Waals surface area contributed by atoms with Gasteiger partial charge < -0.3 is 5.73 Å². The van der Waals surface area contributed by atoms with Crippen molar-refractivity contribution in [3.05, 3.63) is 44.8 Å². The molecule has 2 rings (SSSR count). The summed E-state index contributed by atoms with van der Waals surface area (Å²) in [6.45, 7) is 6.40. The molecule has 96 valence electrons. The van der Waals surface area contributed by atoms with E-state index in [1.165, 1.54) is 0 Å². The molecule has 0 saturated carbocycles. The van der Waals surface area contributed by atoms with Crippen molar-refractivity contribution in [2.24, 2.45) is 0 Å². The maximum Gasteiger partial charge on any atom is 0.294 e. The van der Waals surface area contributed by atoms with Crippen LogP contribution in [-0.2, 0) is 6.54 Å². The summed E-state index contributed by atoms with van der Waals surface area (Å²) < 4.78 is 3.41. The van der Waals surface area contributed by atoms with Gasteiger partial charge >= 0.3 is 0 Å². The molecule has 0 fully saturated rings. The van der Waals surface area contributed by atoms with Gasteiger partial charge in [-0.3, -0.25) is 9.48 Å². The van der Waals surface area contributed by atoms with Crippen molar-refractivity contribution >= 4 is 17.3 Å². The van der Waals surface area contributed by atoms with Crippen molar-refractivity contribution in [1.29, 1.82) is 0 Å². The van der Waals surface area contributed by atoms with E-state index in [-0.39, 0.29) is 11.2 Å². The van der Waals surface area contributed by atoms with Gasteiger partial charge in [-0.2, -0.15) is 0 Å². The van der Waals surface area contributed by atoms with Crippen LogP contribution >= 0.6 is 11.6 Å². The third-order valence-corrected chi connectivity index (χ3v) is 3.55. The molecule has 1 heterocycles. The molecule has 0 spiro atoms. The number of rotatable bonds is 2. The Labute approximate surface area is 111 Å². The molecule has 5 heteroatoms. The Morgan fingerprint density at radius 1 is 1.33 bits per heavy atom. The van der Waals surface area contributed by atoms with E-state index >= 15 is 0 Å². The van der Waals surface area contributed by atoms with Crippen molar-refractivity contribution < 1.29 is 0 Å². The fourth-order valence-corrected chi connectivity index (χ4v) is 2.19. The van der Waals surface area contributed by atoms with Crippen molar-refractivity contribution in [3.63, 3.8) is 0 Å². The van der Waals surface area contributed by atoms with E-state index in [1.54, 1.807) is 10.7 Å². The first-order chi connectivity index (χ1) is 8.47. The highest BCUT2D eigenvalue weighted by Crippen LogP contribution is 2.20. The van der Waals surface area contributed by atoms with E-state index < -0.39 is 0 Å². The smallest absolute Gasteiger partial charge is 0.294 e. The van der Waals surface area contributed by atoms with Crippen LogP contribution in [0.1, 0.15) is 18.2 Å². The van der Waals surface area contributed by atoms with Crippen LogP contribution in [0.15, 0.2) is 23.0 Å². The van der Waals surface area contributed by atoms with Gasteiger partial charge in [-0.15, -0.1) is 0 Å². The molecule has 0 aliphatic carbocycles. The summed E-state index contributed by atoms with van der Waals surface area (Å²) in [4.78, 5) is 12.1. The molecule has 18 heavy (non-hydrogen) atoms. The minimum atomic E-state index is -0.200. The first-order valence-corrected chi connectivity index (χ1v) is 6.19. The third kappa shape index (κ3) is 1.82. The van der Waals surface area contributed by atoms with Crippen LogP contribution in [0.3, 0.4) is 0 Å². The SMILES string of the molecule is CCn1c(C)c(N)c(=O)n1-c1ccc(C)c(Cl)c1. The molecule has 0 aliphatic heterocycles. The first-order valence-electron chi connectivity index (χ1n) is 5.81. The molecule has 2 N–H and O–H groups in total. The van der Waals surface area contributed by atoms with Gasteiger partial charge in [-0.25, -0.2) is 4.68 Å². The summed E-state index contributed by atoms with van der Waals surface area (Å²) >= 11 is 6.10. The maximum atomic E-state index is 12.1. The predicted molar refractivity (Wildman–Crippen MR) is 74.6 cm³/mol. The molecule has 0 saturated heterocycles. The number of nitrogens with two attached hydrogens (primary N) is 1. The minimum Gasteiger partial charge on any atom is -0.393 e. The molecule has 0 bridgehead atoms. The second-order valence-electron chi connectivity index (χ2n) is 4.27. The zero-order chi connectivity index (χ0) is 13.4. The number of aryl methyl sites for hydroxylation is 1. The number of nitrogens with zero attached hydrogens (tertiary/aromatic N) is 2. The number of hydrogen-bond donors (Lipinski definition) is 1. The zero-order valence-electron chi connectivity index (χ0n) is 10.7. The quantitative estimate of drug-likeness (QED) is 0.907. The second kappa shape index (κ2) is 4.53. The van der Waals surface area contributed by atoms with Gasteiger partial charge in [-0.05, 0) is 38.5 Å². The van der Waals surface area contributed by atoms with Crippen molar-refractivity contribution in [2.45, 2.75) is 27.3 Å². The third-order valence-electron chi connectivity index (χ3n) is 3.14. The molecule has 0 aliphatic rings. The van der Waals surface area contributed by atoms with Crippen LogP contribution in [0, 0.1) is 13.8 Å². The van der Waals surface area contributed by atoms with Gasteiger partial charge in [0.25, 0.3) is 5.56 Å². The van der Waals surface area contributed by atoms with Crippen molar-refractivity contribution in [1.82, 2.24) is 9.36 Å². The number of anilines is 1. The lowest BCUT2D eigenvalue weighted by atomic mass is 10.2. The number of halogens is 1. The monoisotopic (exact) mass is 265 g/mol. The van der Waals surface area contributed by atoms with Gasteiger partial charge in [-0.1, -0.05) is 17.7 Å². The summed E-state index contributed by atoms with van der Waals surface area (Å²) in [6.07, 6.45) is 0. The molecule has 0 amide bonds. The minimum absolute atomic E-state index is 0.200. The van der Waals surface area contributed by atoms with E-state index in [0.717, 1.165) is 16.9 Å². The molecular formula is C13H16ClN3O. The summed E-state index contributed by atoms with van der Waals surface area (Å²) in [5.41, 5.74) is 8.37. The van der Waals surface area contributed by atoms with Gasteiger partial charge in [0, 0.05) is 11.6 Å². The Morgan fingerprint density at radius 2 is 2.00 bits per heavy atom. The lowest BCUT2D eigenvalue weighted by Gasteiger charge is -2.12. The lowest BCUT2D eigenvalue weighted by molar-refractivity contribution is 0.559. The lowest BCUT2D eigenvalue weighted by Crippen LogP contribution is -2.22. The highest BCUT2D eigenvalue weighted by molar-refractivity contribution is 6.31. The van der Waals surface area contributed by atoms with E-state index in [2.05, 4.69) is 0 Å². The molecule has 4 nitrogen and oxygen atoms in total. The summed E-state index contributed by atoms with van der Waals surface area (Å²) in [5, 5.41) is 0.638. The van der Waals surface area contributed by atoms with Gasteiger partial charge in [0.05, 0.1) is 11.4 Å². The zero-order valence-corrected chi connectivity index (χ0v) is 11.5. The van der Waals surface area contributed by atoms with Crippen LogP contribution in [0.5, 0.6) is 0 Å². The Hall–Kier alpha value is -1.68.